The Bertz CT molecular complexity index is 492. The van der Waals surface area contributed by atoms with Crippen molar-refractivity contribution < 1.29 is 19.2 Å². The second kappa shape index (κ2) is 7.29. The third-order valence-corrected chi connectivity index (χ3v) is 2.61. The van der Waals surface area contributed by atoms with Crippen molar-refractivity contribution in [2.75, 3.05) is 7.11 Å². The van der Waals surface area contributed by atoms with E-state index in [1.807, 2.05) is 12.3 Å². The predicted octanol–water partition coefficient (Wildman–Crippen LogP) is 1.14. The number of nitro benzene ring substituents is 1. The lowest BCUT2D eigenvalue weighted by molar-refractivity contribution is -0.385. The first-order chi connectivity index (χ1) is 9.53. The van der Waals surface area contributed by atoms with E-state index in [2.05, 4.69) is 0 Å². The topological polar surface area (TPSA) is 117 Å². The Morgan fingerprint density at radius 1 is 1.50 bits per heavy atom. The Labute approximate surface area is 116 Å². The number of rotatable bonds is 7. The summed E-state index contributed by atoms with van der Waals surface area (Å²) in [5.74, 6) is 5.02. The van der Waals surface area contributed by atoms with E-state index in [1.54, 1.807) is 0 Å². The Morgan fingerprint density at radius 3 is 2.70 bits per heavy atom. The summed E-state index contributed by atoms with van der Waals surface area (Å²) < 4.78 is 10.6. The Morgan fingerprint density at radius 2 is 2.20 bits per heavy atom. The minimum atomic E-state index is -0.832. The summed E-state index contributed by atoms with van der Waals surface area (Å²) in [6.45, 7) is 1.88. The van der Waals surface area contributed by atoms with Gasteiger partial charge in [-0.05, 0) is 12.5 Å². The van der Waals surface area contributed by atoms with Crippen molar-refractivity contribution in [1.29, 1.82) is 0 Å². The molecule has 1 amide bonds. The van der Waals surface area contributed by atoms with Gasteiger partial charge in [0.25, 0.3) is 11.6 Å². The van der Waals surface area contributed by atoms with E-state index in [9.17, 15) is 14.9 Å². The highest BCUT2D eigenvalue weighted by molar-refractivity contribution is 5.80. The van der Waals surface area contributed by atoms with Crippen LogP contribution in [0.1, 0.15) is 19.8 Å². The standard InChI is InChI=1S/C12H17N3O5/c1-3-4-10(12(16)14-13)20-11-7-8(15(17)18)5-6-9(11)19-2/h5-7,10H,3-4,13H2,1-2H3,(H,14,16). The maximum absolute atomic E-state index is 11.6. The van der Waals surface area contributed by atoms with Gasteiger partial charge in [-0.15, -0.1) is 0 Å². The van der Waals surface area contributed by atoms with Crippen LogP contribution in [0.5, 0.6) is 11.5 Å². The van der Waals surface area contributed by atoms with Crippen molar-refractivity contribution in [2.45, 2.75) is 25.9 Å². The van der Waals surface area contributed by atoms with Gasteiger partial charge in [0, 0.05) is 6.07 Å². The van der Waals surface area contributed by atoms with Crippen molar-refractivity contribution in [2.24, 2.45) is 5.84 Å². The molecule has 0 spiro atoms. The van der Waals surface area contributed by atoms with Gasteiger partial charge in [-0.25, -0.2) is 5.84 Å². The number of nitrogens with two attached hydrogens (primary N) is 1. The number of nitrogens with one attached hydrogen (secondary N) is 1. The van der Waals surface area contributed by atoms with E-state index < -0.39 is 16.9 Å². The highest BCUT2D eigenvalue weighted by Gasteiger charge is 2.22. The lowest BCUT2D eigenvalue weighted by Gasteiger charge is -2.18. The average Bonchev–Trinajstić information content (AvgIpc) is 2.45. The van der Waals surface area contributed by atoms with Gasteiger partial charge >= 0.3 is 0 Å². The number of carbonyl (C=O) groups is 1. The van der Waals surface area contributed by atoms with Crippen LogP contribution in [-0.2, 0) is 4.79 Å². The number of hydrazine groups is 1. The number of ether oxygens (including phenoxy) is 2. The van der Waals surface area contributed by atoms with Crippen LogP contribution in [-0.4, -0.2) is 24.0 Å². The van der Waals surface area contributed by atoms with Gasteiger partial charge in [-0.3, -0.25) is 20.3 Å². The number of non-ortho nitro benzene ring substituents is 1. The van der Waals surface area contributed by atoms with Gasteiger partial charge in [-0.1, -0.05) is 13.3 Å². The van der Waals surface area contributed by atoms with Crippen molar-refractivity contribution in [1.82, 2.24) is 5.43 Å². The van der Waals surface area contributed by atoms with Crippen molar-refractivity contribution in [3.63, 3.8) is 0 Å². The third kappa shape index (κ3) is 3.82. The minimum absolute atomic E-state index is 0.128. The van der Waals surface area contributed by atoms with Crippen LogP contribution in [0.4, 0.5) is 5.69 Å². The zero-order valence-electron chi connectivity index (χ0n) is 11.3. The summed E-state index contributed by atoms with van der Waals surface area (Å²) >= 11 is 0. The van der Waals surface area contributed by atoms with Crippen molar-refractivity contribution in [3.8, 4) is 11.5 Å². The van der Waals surface area contributed by atoms with Gasteiger partial charge in [-0.2, -0.15) is 0 Å². The van der Waals surface area contributed by atoms with E-state index in [0.29, 0.717) is 18.6 Å². The zero-order chi connectivity index (χ0) is 15.1. The summed E-state index contributed by atoms with van der Waals surface area (Å²) in [5.41, 5.74) is 1.86. The van der Waals surface area contributed by atoms with E-state index in [0.717, 1.165) is 0 Å². The van der Waals surface area contributed by atoms with Crippen molar-refractivity contribution in [3.05, 3.63) is 28.3 Å². The molecule has 20 heavy (non-hydrogen) atoms. The SMILES string of the molecule is CCCC(Oc1cc([N+](=O)[O-])ccc1OC)C(=O)NN. The third-order valence-electron chi connectivity index (χ3n) is 2.61. The van der Waals surface area contributed by atoms with E-state index in [-0.39, 0.29) is 11.4 Å². The van der Waals surface area contributed by atoms with Crippen LogP contribution >= 0.6 is 0 Å². The number of nitro groups is 1. The molecule has 0 aliphatic carbocycles. The van der Waals surface area contributed by atoms with Gasteiger partial charge in [0.15, 0.2) is 17.6 Å². The molecule has 3 N–H and O–H groups in total. The summed E-state index contributed by atoms with van der Waals surface area (Å²) in [6.07, 6.45) is 0.283. The lowest BCUT2D eigenvalue weighted by atomic mass is 10.2. The quantitative estimate of drug-likeness (QED) is 0.335. The molecular weight excluding hydrogens is 266 g/mol. The summed E-state index contributed by atoms with van der Waals surface area (Å²) in [4.78, 5) is 21.8. The molecule has 0 saturated heterocycles. The Hall–Kier alpha value is -2.35. The second-order valence-electron chi connectivity index (χ2n) is 4.00. The first kappa shape index (κ1) is 15.7. The highest BCUT2D eigenvalue weighted by atomic mass is 16.6. The number of methoxy groups -OCH3 is 1. The molecule has 1 atom stereocenters. The number of amides is 1. The first-order valence-corrected chi connectivity index (χ1v) is 6.03. The molecule has 1 unspecified atom stereocenters. The molecule has 0 heterocycles. The van der Waals surface area contributed by atoms with Gasteiger partial charge in [0.1, 0.15) is 0 Å². The van der Waals surface area contributed by atoms with Crippen LogP contribution < -0.4 is 20.7 Å². The normalized spacial score (nSPS) is 11.6. The molecular formula is C12H17N3O5. The number of benzene rings is 1. The zero-order valence-corrected chi connectivity index (χ0v) is 11.3. The Kier molecular flexibility index (Phi) is 5.73. The molecule has 0 saturated carbocycles. The highest BCUT2D eigenvalue weighted by Crippen LogP contribution is 2.32. The van der Waals surface area contributed by atoms with Gasteiger partial charge in [0.2, 0.25) is 0 Å². The number of hydrogen-bond donors (Lipinski definition) is 2. The van der Waals surface area contributed by atoms with Crippen LogP contribution in [0.15, 0.2) is 18.2 Å². The van der Waals surface area contributed by atoms with Crippen LogP contribution in [0, 0.1) is 10.1 Å². The van der Waals surface area contributed by atoms with Gasteiger partial charge in [0.05, 0.1) is 18.1 Å². The number of carbonyl (C=O) groups excluding carboxylic acids is 1. The molecule has 0 aromatic heterocycles. The summed E-state index contributed by atoms with van der Waals surface area (Å²) in [7, 11) is 1.41. The molecule has 0 bridgehead atoms. The Balaban J connectivity index is 3.05. The van der Waals surface area contributed by atoms with Crippen LogP contribution in [0.25, 0.3) is 0 Å². The van der Waals surface area contributed by atoms with E-state index in [1.165, 1.54) is 25.3 Å². The molecule has 0 fully saturated rings. The minimum Gasteiger partial charge on any atom is -0.493 e. The number of hydrogen-bond acceptors (Lipinski definition) is 6. The monoisotopic (exact) mass is 283 g/mol. The summed E-state index contributed by atoms with van der Waals surface area (Å²) in [6, 6.07) is 3.92. The molecule has 110 valence electrons. The molecule has 0 aliphatic rings. The smallest absolute Gasteiger partial charge is 0.274 e. The molecule has 1 rings (SSSR count). The molecule has 0 aliphatic heterocycles. The molecule has 0 radical (unpaired) electrons. The average molecular weight is 283 g/mol. The second-order valence-corrected chi connectivity index (χ2v) is 4.00. The fourth-order valence-corrected chi connectivity index (χ4v) is 1.62. The van der Waals surface area contributed by atoms with E-state index in [4.69, 9.17) is 15.3 Å². The van der Waals surface area contributed by atoms with Crippen molar-refractivity contribution >= 4 is 11.6 Å². The lowest BCUT2D eigenvalue weighted by Crippen LogP contribution is -2.42. The van der Waals surface area contributed by atoms with E-state index >= 15 is 0 Å². The summed E-state index contributed by atoms with van der Waals surface area (Å²) in [5, 5.41) is 10.8. The fraction of sp³-hybridized carbons (Fsp3) is 0.417. The molecule has 1 aromatic carbocycles. The number of nitrogens with zero attached hydrogens (tertiary/aromatic N) is 1. The molecule has 8 nitrogen and oxygen atoms in total. The van der Waals surface area contributed by atoms with Gasteiger partial charge < -0.3 is 9.47 Å². The fourth-order valence-electron chi connectivity index (χ4n) is 1.62. The molecule has 1 aromatic rings. The van der Waals surface area contributed by atoms with Crippen LogP contribution in [0.2, 0.25) is 0 Å². The maximum Gasteiger partial charge on any atom is 0.274 e. The largest absolute Gasteiger partial charge is 0.493 e. The first-order valence-electron chi connectivity index (χ1n) is 6.03. The molecule has 8 heteroatoms. The van der Waals surface area contributed by atoms with Crippen LogP contribution in [0.3, 0.4) is 0 Å². The maximum atomic E-state index is 11.6. The predicted molar refractivity (Wildman–Crippen MR) is 71.3 cm³/mol.